The molecule has 0 radical (unpaired) electrons. The van der Waals surface area contributed by atoms with Crippen molar-refractivity contribution in [1.29, 1.82) is 0 Å². The summed E-state index contributed by atoms with van der Waals surface area (Å²) in [4.78, 5) is 14.0. The van der Waals surface area contributed by atoms with E-state index in [9.17, 15) is 4.79 Å². The Kier molecular flexibility index (Phi) is 4.33. The maximum absolute atomic E-state index is 11.8. The van der Waals surface area contributed by atoms with E-state index in [4.69, 9.17) is 9.47 Å². The molecule has 1 aliphatic rings. The molecule has 2 atom stereocenters. The fourth-order valence-corrected chi connectivity index (χ4v) is 2.34. The fraction of sp³-hybridized carbons (Fsp3) is 0.500. The Bertz CT molecular complexity index is 393. The highest BCUT2D eigenvalue weighted by atomic mass is 16.5. The predicted molar refractivity (Wildman–Crippen MR) is 68.1 cm³/mol. The first kappa shape index (κ1) is 13.1. The molecule has 0 N–H and O–H groups in total. The van der Waals surface area contributed by atoms with Gasteiger partial charge in [0.2, 0.25) is 0 Å². The first-order valence-corrected chi connectivity index (χ1v) is 6.20. The zero-order chi connectivity index (χ0) is 13.0. The molecule has 1 aromatic rings. The van der Waals surface area contributed by atoms with Crippen LogP contribution in [0.1, 0.15) is 12.5 Å². The smallest absolute Gasteiger partial charge is 0.325 e. The van der Waals surface area contributed by atoms with Gasteiger partial charge in [0.05, 0.1) is 19.8 Å². The third-order valence-electron chi connectivity index (χ3n) is 3.27. The van der Waals surface area contributed by atoms with Crippen molar-refractivity contribution in [3.8, 4) is 0 Å². The van der Waals surface area contributed by atoms with Crippen LogP contribution in [-0.4, -0.2) is 43.3 Å². The highest BCUT2D eigenvalue weighted by Crippen LogP contribution is 2.18. The molecule has 0 spiro atoms. The van der Waals surface area contributed by atoms with Crippen LogP contribution >= 0.6 is 0 Å². The van der Waals surface area contributed by atoms with Crippen molar-refractivity contribution in [3.63, 3.8) is 0 Å². The maximum Gasteiger partial charge on any atom is 0.325 e. The lowest BCUT2D eigenvalue weighted by atomic mass is 10.1. The van der Waals surface area contributed by atoms with Crippen molar-refractivity contribution in [3.05, 3.63) is 35.9 Å². The lowest BCUT2D eigenvalue weighted by Crippen LogP contribution is -2.54. The van der Waals surface area contributed by atoms with Gasteiger partial charge < -0.3 is 9.47 Å². The van der Waals surface area contributed by atoms with Gasteiger partial charge in [0.1, 0.15) is 6.04 Å². The van der Waals surface area contributed by atoms with Crippen LogP contribution in [0.25, 0.3) is 0 Å². The molecule has 0 bridgehead atoms. The van der Waals surface area contributed by atoms with Gasteiger partial charge in [0.25, 0.3) is 0 Å². The van der Waals surface area contributed by atoms with Crippen LogP contribution in [0.4, 0.5) is 0 Å². The third-order valence-corrected chi connectivity index (χ3v) is 3.27. The van der Waals surface area contributed by atoms with E-state index in [2.05, 4.69) is 17.0 Å². The Morgan fingerprint density at radius 2 is 2.17 bits per heavy atom. The average Bonchev–Trinajstić information content (AvgIpc) is 2.39. The SMILES string of the molecule is COC(=O)[C@H]1[C@H](C)OCCN1Cc1ccccc1. The standard InChI is InChI=1S/C14H19NO3/c1-11-13(14(16)17-2)15(8-9-18-11)10-12-6-4-3-5-7-12/h3-7,11,13H,8-10H2,1-2H3/t11-,13+/m0/s1. The molecule has 1 aromatic carbocycles. The van der Waals surface area contributed by atoms with Gasteiger partial charge in [0, 0.05) is 13.1 Å². The Morgan fingerprint density at radius 1 is 1.44 bits per heavy atom. The number of esters is 1. The topological polar surface area (TPSA) is 38.8 Å². The van der Waals surface area contributed by atoms with Crippen molar-refractivity contribution in [2.24, 2.45) is 0 Å². The molecule has 0 unspecified atom stereocenters. The number of methoxy groups -OCH3 is 1. The number of rotatable bonds is 3. The van der Waals surface area contributed by atoms with E-state index in [0.717, 1.165) is 13.1 Å². The van der Waals surface area contributed by atoms with Crippen molar-refractivity contribution < 1.29 is 14.3 Å². The van der Waals surface area contributed by atoms with E-state index in [1.165, 1.54) is 12.7 Å². The van der Waals surface area contributed by atoms with E-state index >= 15 is 0 Å². The van der Waals surface area contributed by atoms with E-state index < -0.39 is 0 Å². The van der Waals surface area contributed by atoms with Crippen LogP contribution in [0.5, 0.6) is 0 Å². The van der Waals surface area contributed by atoms with Crippen LogP contribution in [0.15, 0.2) is 30.3 Å². The molecule has 1 fully saturated rings. The second-order valence-corrected chi connectivity index (χ2v) is 4.50. The third kappa shape index (κ3) is 2.89. The van der Waals surface area contributed by atoms with Crippen LogP contribution in [0.3, 0.4) is 0 Å². The summed E-state index contributed by atoms with van der Waals surface area (Å²) in [6.45, 7) is 4.06. The van der Waals surface area contributed by atoms with Gasteiger partial charge in [-0.15, -0.1) is 0 Å². The molecule has 0 aromatic heterocycles. The Labute approximate surface area is 107 Å². The van der Waals surface area contributed by atoms with Crippen molar-refractivity contribution in [2.45, 2.75) is 25.6 Å². The van der Waals surface area contributed by atoms with Crippen LogP contribution in [0, 0.1) is 0 Å². The lowest BCUT2D eigenvalue weighted by Gasteiger charge is -2.37. The maximum atomic E-state index is 11.8. The molecule has 0 aliphatic carbocycles. The molecule has 0 saturated carbocycles. The monoisotopic (exact) mass is 249 g/mol. The second kappa shape index (κ2) is 5.98. The number of hydrogen-bond donors (Lipinski definition) is 0. The summed E-state index contributed by atoms with van der Waals surface area (Å²) in [5.74, 6) is -0.224. The molecule has 1 aliphatic heterocycles. The summed E-state index contributed by atoms with van der Waals surface area (Å²) in [6, 6.07) is 9.81. The van der Waals surface area contributed by atoms with Gasteiger partial charge in [-0.1, -0.05) is 30.3 Å². The number of carbonyl (C=O) groups is 1. The lowest BCUT2D eigenvalue weighted by molar-refractivity contribution is -0.160. The average molecular weight is 249 g/mol. The van der Waals surface area contributed by atoms with Crippen LogP contribution in [-0.2, 0) is 20.8 Å². The van der Waals surface area contributed by atoms with Gasteiger partial charge >= 0.3 is 5.97 Å². The number of ether oxygens (including phenoxy) is 2. The second-order valence-electron chi connectivity index (χ2n) is 4.50. The van der Waals surface area contributed by atoms with Crippen LogP contribution in [0.2, 0.25) is 0 Å². The highest BCUT2D eigenvalue weighted by molar-refractivity contribution is 5.76. The van der Waals surface area contributed by atoms with Gasteiger partial charge in [-0.2, -0.15) is 0 Å². The molecule has 1 heterocycles. The Morgan fingerprint density at radius 3 is 2.83 bits per heavy atom. The van der Waals surface area contributed by atoms with E-state index in [1.807, 2.05) is 25.1 Å². The summed E-state index contributed by atoms with van der Waals surface area (Å²) in [5, 5.41) is 0. The molecule has 2 rings (SSSR count). The molecule has 4 heteroatoms. The number of carbonyl (C=O) groups excluding carboxylic acids is 1. The minimum absolute atomic E-state index is 0.130. The summed E-state index contributed by atoms with van der Waals surface area (Å²) < 4.78 is 10.4. The zero-order valence-corrected chi connectivity index (χ0v) is 10.8. The molecular weight excluding hydrogens is 230 g/mol. The molecule has 18 heavy (non-hydrogen) atoms. The molecule has 98 valence electrons. The van der Waals surface area contributed by atoms with Crippen LogP contribution < -0.4 is 0 Å². The zero-order valence-electron chi connectivity index (χ0n) is 10.8. The minimum atomic E-state index is -0.316. The number of nitrogens with zero attached hydrogens (tertiary/aromatic N) is 1. The summed E-state index contributed by atoms with van der Waals surface area (Å²) in [7, 11) is 1.42. The summed E-state index contributed by atoms with van der Waals surface area (Å²) in [6.07, 6.45) is -0.130. The molecule has 4 nitrogen and oxygen atoms in total. The van der Waals surface area contributed by atoms with Crippen molar-refractivity contribution in [1.82, 2.24) is 4.90 Å². The van der Waals surface area contributed by atoms with E-state index in [1.54, 1.807) is 0 Å². The van der Waals surface area contributed by atoms with E-state index in [0.29, 0.717) is 6.61 Å². The summed E-state index contributed by atoms with van der Waals surface area (Å²) in [5.41, 5.74) is 1.19. The number of morpholine rings is 1. The van der Waals surface area contributed by atoms with Gasteiger partial charge in [-0.3, -0.25) is 9.69 Å². The first-order chi connectivity index (χ1) is 8.72. The Hall–Kier alpha value is -1.39. The molecule has 1 saturated heterocycles. The number of benzene rings is 1. The Balaban J connectivity index is 2.11. The number of hydrogen-bond acceptors (Lipinski definition) is 4. The van der Waals surface area contributed by atoms with Crippen molar-refractivity contribution >= 4 is 5.97 Å². The van der Waals surface area contributed by atoms with E-state index in [-0.39, 0.29) is 18.1 Å². The minimum Gasteiger partial charge on any atom is -0.468 e. The molecular formula is C14H19NO3. The van der Waals surface area contributed by atoms with Gasteiger partial charge in [0.15, 0.2) is 0 Å². The summed E-state index contributed by atoms with van der Waals surface area (Å²) >= 11 is 0. The van der Waals surface area contributed by atoms with Crippen molar-refractivity contribution in [2.75, 3.05) is 20.3 Å². The largest absolute Gasteiger partial charge is 0.468 e. The predicted octanol–water partition coefficient (Wildman–Crippen LogP) is 1.45. The fourth-order valence-electron chi connectivity index (χ4n) is 2.34. The molecule has 0 amide bonds. The van der Waals surface area contributed by atoms with Gasteiger partial charge in [-0.25, -0.2) is 0 Å². The highest BCUT2D eigenvalue weighted by Gasteiger charge is 2.35. The first-order valence-electron chi connectivity index (χ1n) is 6.20. The van der Waals surface area contributed by atoms with Gasteiger partial charge in [-0.05, 0) is 12.5 Å². The normalized spacial score (nSPS) is 24.8. The quantitative estimate of drug-likeness (QED) is 0.760.